The van der Waals surface area contributed by atoms with Crippen LogP contribution in [0.25, 0.3) is 0 Å². The summed E-state index contributed by atoms with van der Waals surface area (Å²) in [5.74, 6) is -1.54. The first-order valence-corrected chi connectivity index (χ1v) is 57.6. The van der Waals surface area contributed by atoms with Gasteiger partial charge in [0.25, 0.3) is 0 Å². The van der Waals surface area contributed by atoms with Crippen LogP contribution in [0.15, 0.2) is 78.4 Å². The van der Waals surface area contributed by atoms with Gasteiger partial charge in [0.15, 0.2) is 39.1 Å². The summed E-state index contributed by atoms with van der Waals surface area (Å²) in [6.45, 7) is 86.2. The van der Waals surface area contributed by atoms with Gasteiger partial charge in [-0.1, -0.05) is 272 Å². The molecule has 1 aromatic rings. The number of carbonyl (C=O) groups is 1. The van der Waals surface area contributed by atoms with E-state index in [9.17, 15) is 9.90 Å². The monoisotopic (exact) mass is 1600 g/mol. The molecule has 10 atom stereocenters. The molecule has 0 bridgehead atoms. The van der Waals surface area contributed by atoms with Crippen LogP contribution in [0.1, 0.15) is 264 Å². The van der Waals surface area contributed by atoms with Crippen LogP contribution in [-0.4, -0.2) is 149 Å². The normalized spacial score (nSPS) is 22.3. The van der Waals surface area contributed by atoms with E-state index in [4.69, 9.17) is 50.2 Å². The molecule has 1 aromatic carbocycles. The molecule has 2 heterocycles. The highest BCUT2D eigenvalue weighted by Gasteiger charge is 2.59. The average molecular weight is 1600 g/mol. The Morgan fingerprint density at radius 1 is 0.636 bits per heavy atom. The molecule has 0 radical (unpaired) electrons. The number of ether oxygens (including phenoxy) is 5. The van der Waals surface area contributed by atoms with Gasteiger partial charge in [0.05, 0.1) is 81.2 Å². The molecule has 622 valence electrons. The smallest absolute Gasteiger partial charge is 0.308 e. The molecular formula is C88H168O13Si6. The van der Waals surface area contributed by atoms with E-state index in [2.05, 4.69) is 295 Å². The summed E-state index contributed by atoms with van der Waals surface area (Å²) in [6.07, 6.45) is 12.2. The Kier molecular flexibility index (Phi) is 38.6. The Labute approximate surface area is 665 Å². The van der Waals surface area contributed by atoms with Gasteiger partial charge in [-0.25, -0.2) is 0 Å². The molecule has 2 fully saturated rings. The Hall–Kier alpha value is -1.49. The molecule has 0 spiro atoms. The molecule has 2 saturated heterocycles. The van der Waals surface area contributed by atoms with Crippen molar-refractivity contribution >= 4 is 55.9 Å². The van der Waals surface area contributed by atoms with Gasteiger partial charge in [-0.05, 0) is 150 Å². The fourth-order valence-electron chi connectivity index (χ4n) is 16.8. The molecule has 107 heavy (non-hydrogen) atoms. The quantitative estimate of drug-likeness (QED) is 0.0377. The highest BCUT2D eigenvalue weighted by Crippen LogP contribution is 2.53. The van der Waals surface area contributed by atoms with Gasteiger partial charge in [0.2, 0.25) is 16.6 Å². The zero-order valence-corrected chi connectivity index (χ0v) is 81.8. The fourth-order valence-corrected chi connectivity index (χ4v) is 34.7. The number of hydrogen-bond donors (Lipinski definition) is 1. The second-order valence-corrected chi connectivity index (χ2v) is 70.0. The van der Waals surface area contributed by atoms with Crippen LogP contribution >= 0.6 is 0 Å². The molecule has 13 nitrogen and oxygen atoms in total. The topological polar surface area (TPSA) is 139 Å². The lowest BCUT2D eigenvalue weighted by atomic mass is 9.70. The van der Waals surface area contributed by atoms with Crippen LogP contribution in [0.2, 0.25) is 106 Å². The van der Waals surface area contributed by atoms with Crippen LogP contribution in [0.4, 0.5) is 0 Å². The lowest BCUT2D eigenvalue weighted by molar-refractivity contribution is -0.362. The number of esters is 1. The number of hydrogen-bond acceptors (Lipinski definition) is 13. The predicted octanol–water partition coefficient (Wildman–Crippen LogP) is 25.1. The van der Waals surface area contributed by atoms with E-state index in [0.717, 1.165) is 23.7 Å². The second-order valence-electron chi connectivity index (χ2n) is 40.1. The SMILES string of the molecule is C=CCOC(=O)C[C@@H](C[C@@H]1C[C@H](OCc2ccccc2)C(C)(C)[C@@](C[C@@H]2C/C(=C/CO[Si](C(C)C)(C(C)C)C(C)C)C[C@H](/C=C/C(C)(C)C(C/C(=C/CO[Si](C(C)C)(C(C)C)C(C)C)C[C@@H](C[C@@H](O)[C@@H](C)O[Si](C)(C)C(C)(C)C)O[Si](C)(C)C(C)(C)C)O[Si](CC)(CC)CC)O2)(OC)O1)O[Si](C)(C)C(C)(C)C. The summed E-state index contributed by atoms with van der Waals surface area (Å²) in [7, 11) is -12.1. The minimum absolute atomic E-state index is 0.0139. The molecule has 1 N–H and O–H groups in total. The maximum absolute atomic E-state index is 13.7. The first-order valence-electron chi connectivity index (χ1n) is 42.0. The van der Waals surface area contributed by atoms with Crippen LogP contribution in [0.5, 0.6) is 0 Å². The molecule has 3 rings (SSSR count). The largest absolute Gasteiger partial charge is 0.461 e. The van der Waals surface area contributed by atoms with Crippen LogP contribution in [0, 0.1) is 10.8 Å². The number of methoxy groups -OCH3 is 1. The Balaban J connectivity index is 2.46. The van der Waals surface area contributed by atoms with E-state index in [1.807, 2.05) is 6.07 Å². The minimum Gasteiger partial charge on any atom is -0.461 e. The minimum atomic E-state index is -2.42. The lowest BCUT2D eigenvalue weighted by Gasteiger charge is -2.56. The molecule has 2 aliphatic heterocycles. The maximum atomic E-state index is 13.7. The van der Waals surface area contributed by atoms with E-state index in [1.54, 1.807) is 13.2 Å². The van der Waals surface area contributed by atoms with Gasteiger partial charge in [0.1, 0.15) is 6.61 Å². The standard InChI is InChI=1S/C88H168O13Si6/c1-38-51-92-82(90)61-77(100-104(36,37)85(24,25)26)58-75-60-81(93-63-71-45-43-42-44-46-71)87(29,30)88(91-31,97-75)62-78-56-72(48-52-94-106(64(5)6,65(7)8)66(9)10)54-74(96-78)47-50-86(27,28)80(101-105(39-2,40-3)41-4)57-73(49-53-95-107(67(11)12,68(13)14)69(15)16)55-76(99-103(34,35)84(21,22)23)59-79(89)70(17)98-102(32,33)83(18,19)20/h38,42-50,64-70,74-81,89H,1,39-41,51-63H2,2-37H3/b50-47+,72-48+,73-49+/t70-,74+,75-,76+,77-,78+,79-,80?,81+,88+/m1/s1. The summed E-state index contributed by atoms with van der Waals surface area (Å²) in [6, 6.07) is 13.4. The summed E-state index contributed by atoms with van der Waals surface area (Å²) in [5, 5.41) is 12.3. The molecule has 0 saturated carbocycles. The molecule has 1 unspecified atom stereocenters. The Bertz CT molecular complexity index is 2840. The van der Waals surface area contributed by atoms with Crippen LogP contribution in [-0.2, 0) is 61.6 Å². The third-order valence-electron chi connectivity index (χ3n) is 26.9. The van der Waals surface area contributed by atoms with Crippen LogP contribution in [0.3, 0.4) is 0 Å². The van der Waals surface area contributed by atoms with Gasteiger partial charge in [-0.3, -0.25) is 4.79 Å². The van der Waals surface area contributed by atoms with E-state index in [0.29, 0.717) is 104 Å². The number of rotatable bonds is 45. The van der Waals surface area contributed by atoms with Crippen molar-refractivity contribution in [2.75, 3.05) is 26.9 Å². The number of aliphatic hydroxyl groups excluding tert-OH is 1. The van der Waals surface area contributed by atoms with Crippen LogP contribution < -0.4 is 0 Å². The van der Waals surface area contributed by atoms with Crippen molar-refractivity contribution in [3.05, 3.63) is 84.0 Å². The summed E-state index contributed by atoms with van der Waals surface area (Å²) >= 11 is 0. The zero-order chi connectivity index (χ0) is 82.1. The van der Waals surface area contributed by atoms with Gasteiger partial charge < -0.3 is 55.3 Å². The number of benzene rings is 1. The van der Waals surface area contributed by atoms with E-state index >= 15 is 0 Å². The van der Waals surface area contributed by atoms with Gasteiger partial charge >= 0.3 is 5.97 Å². The Morgan fingerprint density at radius 3 is 1.59 bits per heavy atom. The lowest BCUT2D eigenvalue weighted by Crippen LogP contribution is -2.63. The van der Waals surface area contributed by atoms with Crippen molar-refractivity contribution in [1.82, 2.24) is 0 Å². The first kappa shape index (κ1) is 99.7. The van der Waals surface area contributed by atoms with Gasteiger partial charge in [0, 0.05) is 37.2 Å². The van der Waals surface area contributed by atoms with Crippen molar-refractivity contribution in [2.45, 2.75) is 432 Å². The fraction of sp³-hybridized carbons (Fsp3) is 0.830. The Morgan fingerprint density at radius 2 is 1.12 bits per heavy atom. The van der Waals surface area contributed by atoms with E-state index in [1.165, 1.54) is 11.1 Å². The molecule has 0 amide bonds. The van der Waals surface area contributed by atoms with Gasteiger partial charge in [-0.15, -0.1) is 0 Å². The third-order valence-corrected chi connectivity index (χ3v) is 57.3. The van der Waals surface area contributed by atoms with Gasteiger partial charge in [-0.2, -0.15) is 0 Å². The summed E-state index contributed by atoms with van der Waals surface area (Å²) in [5.41, 5.74) is 4.97. The highest BCUT2D eigenvalue weighted by atomic mass is 28.4. The first-order chi connectivity index (χ1) is 49.0. The molecule has 0 aliphatic carbocycles. The summed E-state index contributed by atoms with van der Waals surface area (Å²) in [4.78, 5) is 13.7. The average Bonchev–Trinajstić information content (AvgIpc) is 0.738. The van der Waals surface area contributed by atoms with Crippen molar-refractivity contribution in [3.8, 4) is 0 Å². The third kappa shape index (κ3) is 27.0. The predicted molar refractivity (Wildman–Crippen MR) is 468 cm³/mol. The van der Waals surface area contributed by atoms with Crippen molar-refractivity contribution in [1.29, 1.82) is 0 Å². The highest BCUT2D eigenvalue weighted by molar-refractivity contribution is 6.78. The maximum Gasteiger partial charge on any atom is 0.308 e. The van der Waals surface area contributed by atoms with Crippen molar-refractivity contribution < 1.29 is 60.1 Å². The molecular weight excluding hydrogens is 1430 g/mol. The zero-order valence-electron chi connectivity index (χ0n) is 75.8. The molecule has 0 aromatic heterocycles. The van der Waals surface area contributed by atoms with Crippen molar-refractivity contribution in [2.24, 2.45) is 10.8 Å². The number of carbonyl (C=O) groups excluding carboxylic acids is 1. The summed E-state index contributed by atoms with van der Waals surface area (Å²) < 4.78 is 79.7. The number of aliphatic hydroxyl groups is 1. The molecule has 2 aliphatic rings. The molecule has 19 heteroatoms. The van der Waals surface area contributed by atoms with E-state index < -0.39 is 84.8 Å². The van der Waals surface area contributed by atoms with E-state index in [-0.39, 0.29) is 70.7 Å². The van der Waals surface area contributed by atoms with Crippen molar-refractivity contribution in [3.63, 3.8) is 0 Å². The second kappa shape index (κ2) is 41.4.